The Morgan fingerprint density at radius 2 is 1.72 bits per heavy atom. The van der Waals surface area contributed by atoms with Crippen LogP contribution in [0.3, 0.4) is 0 Å². The van der Waals surface area contributed by atoms with E-state index in [9.17, 15) is 13.2 Å². The number of rotatable bonds is 1. The van der Waals surface area contributed by atoms with Crippen LogP contribution in [0, 0.1) is 5.92 Å². The molecule has 0 spiro atoms. The van der Waals surface area contributed by atoms with Crippen molar-refractivity contribution in [2.75, 3.05) is 0 Å². The zero-order valence-electron chi connectivity index (χ0n) is 10.4. The average molecular weight is 257 g/mol. The molecule has 1 aromatic rings. The van der Waals surface area contributed by atoms with Crippen molar-refractivity contribution >= 4 is 0 Å². The molecule has 1 saturated carbocycles. The molecule has 0 bridgehead atoms. The van der Waals surface area contributed by atoms with Gasteiger partial charge in [-0.05, 0) is 43.2 Å². The van der Waals surface area contributed by atoms with Gasteiger partial charge in [-0.25, -0.2) is 0 Å². The minimum atomic E-state index is -4.33. The van der Waals surface area contributed by atoms with E-state index >= 15 is 0 Å². The second-order valence-electron chi connectivity index (χ2n) is 5.38. The third-order valence-electron chi connectivity index (χ3n) is 3.94. The summed E-state index contributed by atoms with van der Waals surface area (Å²) < 4.78 is 39.0. The maximum atomic E-state index is 13.0. The van der Waals surface area contributed by atoms with Crippen LogP contribution in [0.15, 0.2) is 24.3 Å². The summed E-state index contributed by atoms with van der Waals surface area (Å²) in [6, 6.07) is 5.71. The maximum Gasteiger partial charge on any atom is 0.416 e. The summed E-state index contributed by atoms with van der Waals surface area (Å²) in [7, 11) is 0. The van der Waals surface area contributed by atoms with E-state index in [1.165, 1.54) is 12.1 Å². The molecule has 1 aliphatic carbocycles. The van der Waals surface area contributed by atoms with Gasteiger partial charge in [-0.3, -0.25) is 0 Å². The van der Waals surface area contributed by atoms with E-state index in [0.29, 0.717) is 18.8 Å². The third-order valence-corrected chi connectivity index (χ3v) is 3.94. The number of hydrogen-bond donors (Lipinski definition) is 1. The lowest BCUT2D eigenvalue weighted by molar-refractivity contribution is -0.139. The van der Waals surface area contributed by atoms with Gasteiger partial charge in [-0.1, -0.05) is 25.1 Å². The molecule has 0 amide bonds. The van der Waals surface area contributed by atoms with E-state index in [0.717, 1.165) is 18.9 Å². The highest BCUT2D eigenvalue weighted by atomic mass is 19.4. The minimum Gasteiger partial charge on any atom is -0.321 e. The van der Waals surface area contributed by atoms with Gasteiger partial charge in [0.15, 0.2) is 0 Å². The van der Waals surface area contributed by atoms with Crippen molar-refractivity contribution in [2.24, 2.45) is 11.7 Å². The fraction of sp³-hybridized carbons (Fsp3) is 0.571. The zero-order valence-corrected chi connectivity index (χ0v) is 10.4. The summed E-state index contributed by atoms with van der Waals surface area (Å²) in [5, 5.41) is 0. The first-order valence-corrected chi connectivity index (χ1v) is 6.28. The Hall–Kier alpha value is -1.03. The molecule has 100 valence electrons. The largest absolute Gasteiger partial charge is 0.416 e. The van der Waals surface area contributed by atoms with Gasteiger partial charge in [0.2, 0.25) is 0 Å². The highest BCUT2D eigenvalue weighted by Gasteiger charge is 2.40. The van der Waals surface area contributed by atoms with Gasteiger partial charge >= 0.3 is 6.18 Å². The number of hydrogen-bond acceptors (Lipinski definition) is 1. The van der Waals surface area contributed by atoms with E-state index in [-0.39, 0.29) is 5.56 Å². The minimum absolute atomic E-state index is 0.254. The number of halogens is 3. The smallest absolute Gasteiger partial charge is 0.321 e. The van der Waals surface area contributed by atoms with Crippen LogP contribution in [0.1, 0.15) is 43.7 Å². The molecule has 1 fully saturated rings. The van der Waals surface area contributed by atoms with Crippen LogP contribution in [-0.2, 0) is 11.7 Å². The van der Waals surface area contributed by atoms with Crippen LogP contribution in [0.5, 0.6) is 0 Å². The summed E-state index contributed by atoms with van der Waals surface area (Å²) in [5.74, 6) is 0.555. The lowest BCUT2D eigenvalue weighted by Crippen LogP contribution is -2.41. The summed E-state index contributed by atoms with van der Waals surface area (Å²) in [5.41, 5.74) is 5.09. The van der Waals surface area contributed by atoms with E-state index in [4.69, 9.17) is 5.73 Å². The van der Waals surface area contributed by atoms with E-state index in [2.05, 4.69) is 6.92 Å². The van der Waals surface area contributed by atoms with Gasteiger partial charge in [0, 0.05) is 5.54 Å². The Labute approximate surface area is 105 Å². The van der Waals surface area contributed by atoms with Crippen LogP contribution >= 0.6 is 0 Å². The van der Waals surface area contributed by atoms with Gasteiger partial charge in [-0.2, -0.15) is 13.2 Å². The highest BCUT2D eigenvalue weighted by molar-refractivity contribution is 5.36. The van der Waals surface area contributed by atoms with Crippen molar-refractivity contribution < 1.29 is 13.2 Å². The Morgan fingerprint density at radius 3 is 2.28 bits per heavy atom. The molecule has 0 unspecified atom stereocenters. The molecular weight excluding hydrogens is 239 g/mol. The Balaban J connectivity index is 2.39. The molecule has 18 heavy (non-hydrogen) atoms. The number of nitrogens with two attached hydrogens (primary N) is 1. The standard InChI is InChI=1S/C14H18F3N/c1-10-6-8-13(18,9-7-10)11-4-2-3-5-12(11)14(15,16)17/h2-5,10H,6-9,18H2,1H3. The summed E-state index contributed by atoms with van der Waals surface area (Å²) >= 11 is 0. The number of benzene rings is 1. The van der Waals surface area contributed by atoms with E-state index in [1.807, 2.05) is 0 Å². The molecule has 0 aromatic heterocycles. The summed E-state index contributed by atoms with van der Waals surface area (Å²) in [4.78, 5) is 0. The SMILES string of the molecule is CC1CCC(N)(c2ccccc2C(F)(F)F)CC1. The monoisotopic (exact) mass is 257 g/mol. The molecule has 0 radical (unpaired) electrons. The van der Waals surface area contributed by atoms with E-state index < -0.39 is 17.3 Å². The lowest BCUT2D eigenvalue weighted by Gasteiger charge is -2.38. The zero-order chi connectivity index (χ0) is 13.4. The average Bonchev–Trinajstić information content (AvgIpc) is 2.32. The van der Waals surface area contributed by atoms with Crippen LogP contribution in [-0.4, -0.2) is 0 Å². The predicted octanol–water partition coefficient (Wildman–Crippen LogP) is 4.07. The second kappa shape index (κ2) is 4.57. The van der Waals surface area contributed by atoms with E-state index in [1.54, 1.807) is 6.07 Å². The maximum absolute atomic E-state index is 13.0. The molecule has 0 saturated heterocycles. The predicted molar refractivity (Wildman–Crippen MR) is 64.9 cm³/mol. The molecule has 4 heteroatoms. The molecule has 0 atom stereocenters. The van der Waals surface area contributed by atoms with Crippen molar-refractivity contribution in [3.05, 3.63) is 35.4 Å². The molecule has 1 nitrogen and oxygen atoms in total. The molecule has 1 aromatic carbocycles. The quantitative estimate of drug-likeness (QED) is 0.806. The van der Waals surface area contributed by atoms with Gasteiger partial charge in [0.05, 0.1) is 5.56 Å². The normalized spacial score (nSPS) is 29.3. The topological polar surface area (TPSA) is 26.0 Å². The fourth-order valence-electron chi connectivity index (χ4n) is 2.71. The van der Waals surface area contributed by atoms with Crippen molar-refractivity contribution in [3.63, 3.8) is 0 Å². The van der Waals surface area contributed by atoms with Crippen LogP contribution in [0.4, 0.5) is 13.2 Å². The third kappa shape index (κ3) is 2.53. The Bertz CT molecular complexity index is 417. The molecule has 0 heterocycles. The van der Waals surface area contributed by atoms with Crippen LogP contribution in [0.2, 0.25) is 0 Å². The van der Waals surface area contributed by atoms with Gasteiger partial charge in [0.25, 0.3) is 0 Å². The Morgan fingerprint density at radius 1 is 1.17 bits per heavy atom. The van der Waals surface area contributed by atoms with Gasteiger partial charge in [0.1, 0.15) is 0 Å². The first kappa shape index (κ1) is 13.4. The van der Waals surface area contributed by atoms with Crippen molar-refractivity contribution in [3.8, 4) is 0 Å². The van der Waals surface area contributed by atoms with Gasteiger partial charge < -0.3 is 5.73 Å². The fourth-order valence-corrected chi connectivity index (χ4v) is 2.71. The second-order valence-corrected chi connectivity index (χ2v) is 5.38. The van der Waals surface area contributed by atoms with Gasteiger partial charge in [-0.15, -0.1) is 0 Å². The van der Waals surface area contributed by atoms with Crippen LogP contribution in [0.25, 0.3) is 0 Å². The molecule has 0 aliphatic heterocycles. The van der Waals surface area contributed by atoms with Crippen molar-refractivity contribution in [1.82, 2.24) is 0 Å². The number of alkyl halides is 3. The van der Waals surface area contributed by atoms with Crippen LogP contribution < -0.4 is 5.73 Å². The Kier molecular flexibility index (Phi) is 3.41. The summed E-state index contributed by atoms with van der Waals surface area (Å²) in [6.45, 7) is 2.12. The van der Waals surface area contributed by atoms with Crippen molar-refractivity contribution in [1.29, 1.82) is 0 Å². The highest BCUT2D eigenvalue weighted by Crippen LogP contribution is 2.42. The summed E-state index contributed by atoms with van der Waals surface area (Å²) in [6.07, 6.45) is -1.29. The molecule has 2 N–H and O–H groups in total. The first-order valence-electron chi connectivity index (χ1n) is 6.28. The first-order chi connectivity index (χ1) is 8.33. The molecule has 1 aliphatic rings. The van der Waals surface area contributed by atoms with Crippen molar-refractivity contribution in [2.45, 2.75) is 44.3 Å². The molecular formula is C14H18F3N. The lowest BCUT2D eigenvalue weighted by atomic mass is 9.72. The molecule has 2 rings (SSSR count).